The summed E-state index contributed by atoms with van der Waals surface area (Å²) in [5.74, 6) is 3.34. The lowest BCUT2D eigenvalue weighted by Crippen LogP contribution is -2.12. The van der Waals surface area contributed by atoms with Gasteiger partial charge in [-0.1, -0.05) is 42.5 Å². The van der Waals surface area contributed by atoms with Crippen LogP contribution in [0.2, 0.25) is 0 Å². The molecule has 0 aliphatic heterocycles. The molecule has 0 amide bonds. The Morgan fingerprint density at radius 1 is 0.968 bits per heavy atom. The van der Waals surface area contributed by atoms with Crippen LogP contribution in [0.5, 0.6) is 11.5 Å². The number of nitrogens with two attached hydrogens (primary N) is 1. The highest BCUT2D eigenvalue weighted by Crippen LogP contribution is 2.31. The standard InChI is InChI=1S/C20H16N4O6S/c21-22-19(13-6-2-1-3-7-13)24-23-16-12-14(10-11-17(16)25)31(28,29)30-18-9-5-4-8-15(18)20(26)27/h1-12,25H,21H2,(H,26,27). The number of carbonyl (C=O) groups is 1. The summed E-state index contributed by atoms with van der Waals surface area (Å²) in [5.41, 5.74) is 0.0512. The molecule has 31 heavy (non-hydrogen) atoms. The first kappa shape index (κ1) is 21.5. The van der Waals surface area contributed by atoms with Crippen LogP contribution in [0.25, 0.3) is 0 Å². The van der Waals surface area contributed by atoms with Crippen LogP contribution in [0, 0.1) is 0 Å². The first-order valence-corrected chi connectivity index (χ1v) is 10.1. The van der Waals surface area contributed by atoms with Gasteiger partial charge in [-0.15, -0.1) is 10.2 Å². The second-order valence-corrected chi connectivity index (χ2v) is 7.55. The lowest BCUT2D eigenvalue weighted by Gasteiger charge is -2.10. The van der Waals surface area contributed by atoms with Crippen molar-refractivity contribution in [3.8, 4) is 11.5 Å². The second-order valence-electron chi connectivity index (χ2n) is 6.01. The summed E-state index contributed by atoms with van der Waals surface area (Å²) in [6.07, 6.45) is 0. The van der Waals surface area contributed by atoms with E-state index in [1.54, 1.807) is 30.3 Å². The maximum absolute atomic E-state index is 12.6. The number of hydrazone groups is 1. The normalized spacial score (nSPS) is 12.1. The number of amidine groups is 1. The Morgan fingerprint density at radius 2 is 1.65 bits per heavy atom. The molecule has 10 nitrogen and oxygen atoms in total. The molecule has 0 fully saturated rings. The number of benzene rings is 3. The summed E-state index contributed by atoms with van der Waals surface area (Å²) in [6.45, 7) is 0. The van der Waals surface area contributed by atoms with Crippen molar-refractivity contribution < 1.29 is 27.6 Å². The molecule has 0 saturated heterocycles. The molecule has 11 heteroatoms. The predicted molar refractivity (Wildman–Crippen MR) is 111 cm³/mol. The summed E-state index contributed by atoms with van der Waals surface area (Å²) >= 11 is 0. The number of rotatable bonds is 6. The minimum Gasteiger partial charge on any atom is -0.506 e. The van der Waals surface area contributed by atoms with E-state index in [9.17, 15) is 23.4 Å². The number of phenolic OH excluding ortho intramolecular Hbond substituents is 1. The Morgan fingerprint density at radius 3 is 2.32 bits per heavy atom. The van der Waals surface area contributed by atoms with E-state index in [1.807, 2.05) is 0 Å². The van der Waals surface area contributed by atoms with Gasteiger partial charge in [-0.05, 0) is 30.3 Å². The van der Waals surface area contributed by atoms with Gasteiger partial charge >= 0.3 is 16.1 Å². The van der Waals surface area contributed by atoms with E-state index < -0.39 is 16.1 Å². The van der Waals surface area contributed by atoms with Gasteiger partial charge in [-0.25, -0.2) is 4.79 Å². The highest BCUT2D eigenvalue weighted by molar-refractivity contribution is 7.87. The number of azo groups is 1. The van der Waals surface area contributed by atoms with Crippen molar-refractivity contribution in [1.29, 1.82) is 0 Å². The summed E-state index contributed by atoms with van der Waals surface area (Å²) in [6, 6.07) is 17.2. The third-order valence-corrected chi connectivity index (χ3v) is 5.19. The van der Waals surface area contributed by atoms with Crippen molar-refractivity contribution in [2.24, 2.45) is 21.2 Å². The van der Waals surface area contributed by atoms with Gasteiger partial charge in [0.05, 0.1) is 0 Å². The predicted octanol–water partition coefficient (Wildman–Crippen LogP) is 3.26. The van der Waals surface area contributed by atoms with Crippen LogP contribution >= 0.6 is 0 Å². The quantitative estimate of drug-likeness (QED) is 0.132. The van der Waals surface area contributed by atoms with Crippen molar-refractivity contribution >= 4 is 27.6 Å². The number of phenols is 1. The number of aromatic hydroxyl groups is 1. The van der Waals surface area contributed by atoms with Crippen molar-refractivity contribution in [2.75, 3.05) is 0 Å². The zero-order valence-corrected chi connectivity index (χ0v) is 16.6. The molecule has 0 aliphatic carbocycles. The van der Waals surface area contributed by atoms with Gasteiger partial charge in [0.2, 0.25) is 0 Å². The van der Waals surface area contributed by atoms with E-state index in [0.717, 1.165) is 18.2 Å². The van der Waals surface area contributed by atoms with Crippen molar-refractivity contribution in [3.05, 3.63) is 83.9 Å². The van der Waals surface area contributed by atoms with Gasteiger partial charge < -0.3 is 20.2 Å². The molecule has 0 aromatic heterocycles. The minimum atomic E-state index is -4.44. The van der Waals surface area contributed by atoms with Gasteiger partial charge in [-0.3, -0.25) is 0 Å². The highest BCUT2D eigenvalue weighted by Gasteiger charge is 2.22. The fourth-order valence-corrected chi connectivity index (χ4v) is 3.44. The molecule has 3 aromatic carbocycles. The molecule has 0 heterocycles. The topological polar surface area (TPSA) is 164 Å². The number of hydrogen-bond donors (Lipinski definition) is 3. The molecule has 0 spiro atoms. The summed E-state index contributed by atoms with van der Waals surface area (Å²) in [5, 5.41) is 30.4. The highest BCUT2D eigenvalue weighted by atomic mass is 32.2. The molecule has 3 aromatic rings. The molecule has 0 aliphatic rings. The molecular weight excluding hydrogens is 424 g/mol. The van der Waals surface area contributed by atoms with E-state index in [0.29, 0.717) is 5.56 Å². The lowest BCUT2D eigenvalue weighted by atomic mass is 10.2. The Hall–Kier alpha value is -4.25. The molecule has 158 valence electrons. The zero-order valence-electron chi connectivity index (χ0n) is 15.8. The number of nitrogens with zero attached hydrogens (tertiary/aromatic N) is 3. The second kappa shape index (κ2) is 9.05. The Balaban J connectivity index is 1.93. The molecule has 0 unspecified atom stereocenters. The number of aromatic carboxylic acids is 1. The molecule has 0 saturated carbocycles. The van der Waals surface area contributed by atoms with Crippen LogP contribution in [-0.2, 0) is 10.1 Å². The van der Waals surface area contributed by atoms with Crippen LogP contribution in [0.3, 0.4) is 0 Å². The molecule has 0 bridgehead atoms. The van der Waals surface area contributed by atoms with E-state index in [2.05, 4.69) is 15.3 Å². The van der Waals surface area contributed by atoms with E-state index in [4.69, 9.17) is 10.0 Å². The van der Waals surface area contributed by atoms with Gasteiger partial charge in [0, 0.05) is 5.56 Å². The first-order chi connectivity index (χ1) is 14.8. The van der Waals surface area contributed by atoms with Crippen molar-refractivity contribution in [2.45, 2.75) is 4.90 Å². The number of para-hydroxylation sites is 1. The first-order valence-electron chi connectivity index (χ1n) is 8.66. The molecule has 0 atom stereocenters. The van der Waals surface area contributed by atoms with Gasteiger partial charge in [0.1, 0.15) is 21.9 Å². The van der Waals surface area contributed by atoms with Crippen molar-refractivity contribution in [3.63, 3.8) is 0 Å². The van der Waals surface area contributed by atoms with Gasteiger partial charge in [0.15, 0.2) is 11.6 Å². The van der Waals surface area contributed by atoms with Crippen molar-refractivity contribution in [1.82, 2.24) is 0 Å². The molecular formula is C20H16N4O6S. The summed E-state index contributed by atoms with van der Waals surface area (Å²) in [4.78, 5) is 10.9. The van der Waals surface area contributed by atoms with Crippen LogP contribution in [0.4, 0.5) is 5.69 Å². The monoisotopic (exact) mass is 440 g/mol. The summed E-state index contributed by atoms with van der Waals surface area (Å²) < 4.78 is 30.3. The average molecular weight is 440 g/mol. The van der Waals surface area contributed by atoms with Gasteiger partial charge in [-0.2, -0.15) is 13.5 Å². The number of carboxylic acid groups (broad SMARTS) is 1. The van der Waals surface area contributed by atoms with Crippen LogP contribution in [-0.4, -0.2) is 30.4 Å². The average Bonchev–Trinajstić information content (AvgIpc) is 2.76. The Bertz CT molecular complexity index is 1270. The number of hydrogen-bond acceptors (Lipinski definition) is 8. The van der Waals surface area contributed by atoms with E-state index >= 15 is 0 Å². The fourth-order valence-electron chi connectivity index (χ4n) is 2.47. The van der Waals surface area contributed by atoms with Crippen LogP contribution in [0.15, 0.2) is 93.0 Å². The van der Waals surface area contributed by atoms with E-state index in [1.165, 1.54) is 24.3 Å². The largest absolute Gasteiger partial charge is 0.506 e. The molecule has 0 radical (unpaired) electrons. The van der Waals surface area contributed by atoms with Gasteiger partial charge in [0.25, 0.3) is 0 Å². The van der Waals surface area contributed by atoms with E-state index in [-0.39, 0.29) is 33.5 Å². The SMILES string of the molecule is NN=C(N=Nc1cc(S(=O)(=O)Oc2ccccc2C(=O)O)ccc1O)c1ccccc1. The van der Waals surface area contributed by atoms with Crippen LogP contribution < -0.4 is 10.0 Å². The Kier molecular flexibility index (Phi) is 6.26. The molecule has 4 N–H and O–H groups in total. The summed E-state index contributed by atoms with van der Waals surface area (Å²) in [7, 11) is -4.44. The Labute approximate surface area is 177 Å². The number of carboxylic acids is 1. The third kappa shape index (κ3) is 5.03. The smallest absolute Gasteiger partial charge is 0.339 e. The molecule has 3 rings (SSSR count). The minimum absolute atomic E-state index is 0.0555. The fraction of sp³-hybridized carbons (Fsp3) is 0. The van der Waals surface area contributed by atoms with Crippen LogP contribution in [0.1, 0.15) is 15.9 Å². The zero-order chi connectivity index (χ0) is 22.4. The third-order valence-electron chi connectivity index (χ3n) is 3.96. The maximum Gasteiger partial charge on any atom is 0.339 e. The maximum atomic E-state index is 12.6. The lowest BCUT2D eigenvalue weighted by molar-refractivity contribution is 0.0695.